The van der Waals surface area contributed by atoms with E-state index in [2.05, 4.69) is 25.8 Å². The number of hydrogen-bond donors (Lipinski definition) is 1. The molecule has 4 aliphatic rings. The van der Waals surface area contributed by atoms with Crippen LogP contribution in [0, 0.1) is 10.8 Å². The summed E-state index contributed by atoms with van der Waals surface area (Å²) in [6.45, 7) is 6.63. The number of carbonyl (C=O) groups excluding carboxylic acids is 1. The van der Waals surface area contributed by atoms with Crippen molar-refractivity contribution in [2.75, 3.05) is 7.05 Å². The van der Waals surface area contributed by atoms with Crippen LogP contribution in [0.2, 0.25) is 0 Å². The number of likely N-dealkylation sites (N-methyl/N-ethyl adjacent to an activating group) is 1. The molecule has 0 amide bonds. The molecule has 0 aromatic heterocycles. The van der Waals surface area contributed by atoms with Gasteiger partial charge in [0.1, 0.15) is 0 Å². The summed E-state index contributed by atoms with van der Waals surface area (Å²) in [6.07, 6.45) is 4.07. The molecule has 3 fully saturated rings. The molecule has 20 heavy (non-hydrogen) atoms. The minimum Gasteiger partial charge on any atom is -0.436 e. The van der Waals surface area contributed by atoms with Crippen molar-refractivity contribution < 1.29 is 9.53 Å². The molecule has 5 atom stereocenters. The Labute approximate surface area is 120 Å². The van der Waals surface area contributed by atoms with Crippen molar-refractivity contribution in [3.63, 3.8) is 0 Å². The van der Waals surface area contributed by atoms with Crippen molar-refractivity contribution in [1.82, 2.24) is 4.90 Å². The van der Waals surface area contributed by atoms with Gasteiger partial charge in [0.2, 0.25) is 0 Å². The van der Waals surface area contributed by atoms with Gasteiger partial charge in [-0.3, -0.25) is 4.90 Å². The first-order chi connectivity index (χ1) is 9.26. The SMILES string of the molecule is CC1=C2CC3N(C)C2(C[C@]2(C)[C@H](N)CC[C@]32C)OC1=O. The van der Waals surface area contributed by atoms with Gasteiger partial charge in [-0.05, 0) is 44.1 Å². The summed E-state index contributed by atoms with van der Waals surface area (Å²) in [7, 11) is 2.12. The lowest BCUT2D eigenvalue weighted by atomic mass is 9.58. The fourth-order valence-corrected chi connectivity index (χ4v) is 5.67. The second-order valence-corrected chi connectivity index (χ2v) is 7.77. The second-order valence-electron chi connectivity index (χ2n) is 7.77. The molecule has 2 N–H and O–H groups in total. The van der Waals surface area contributed by atoms with Crippen LogP contribution in [0.15, 0.2) is 11.1 Å². The summed E-state index contributed by atoms with van der Waals surface area (Å²) in [5.41, 5.74) is 8.31. The van der Waals surface area contributed by atoms with Gasteiger partial charge in [-0.15, -0.1) is 0 Å². The molecule has 2 saturated heterocycles. The smallest absolute Gasteiger partial charge is 0.335 e. The van der Waals surface area contributed by atoms with Crippen molar-refractivity contribution in [1.29, 1.82) is 0 Å². The zero-order valence-corrected chi connectivity index (χ0v) is 12.8. The van der Waals surface area contributed by atoms with Crippen LogP contribution >= 0.6 is 0 Å². The van der Waals surface area contributed by atoms with E-state index in [9.17, 15) is 4.79 Å². The molecule has 3 heterocycles. The predicted molar refractivity (Wildman–Crippen MR) is 75.7 cm³/mol. The van der Waals surface area contributed by atoms with Crippen molar-refractivity contribution in [3.8, 4) is 0 Å². The number of rotatable bonds is 0. The van der Waals surface area contributed by atoms with Gasteiger partial charge in [-0.25, -0.2) is 4.79 Å². The van der Waals surface area contributed by atoms with Gasteiger partial charge < -0.3 is 10.5 Å². The fraction of sp³-hybridized carbons (Fsp3) is 0.812. The summed E-state index contributed by atoms with van der Waals surface area (Å²) in [5.74, 6) is -0.135. The predicted octanol–water partition coefficient (Wildman–Crippen LogP) is 1.80. The van der Waals surface area contributed by atoms with Crippen LogP contribution < -0.4 is 5.73 Å². The third-order valence-corrected chi connectivity index (χ3v) is 7.37. The van der Waals surface area contributed by atoms with E-state index in [1.807, 2.05) is 6.92 Å². The maximum atomic E-state index is 12.0. The van der Waals surface area contributed by atoms with Crippen LogP contribution in [-0.2, 0) is 9.53 Å². The molecule has 2 bridgehead atoms. The number of carbonyl (C=O) groups is 1. The fourth-order valence-electron chi connectivity index (χ4n) is 5.67. The van der Waals surface area contributed by atoms with Crippen molar-refractivity contribution in [3.05, 3.63) is 11.1 Å². The Hall–Kier alpha value is -0.870. The highest BCUT2D eigenvalue weighted by atomic mass is 16.6. The summed E-state index contributed by atoms with van der Waals surface area (Å²) in [4.78, 5) is 14.4. The van der Waals surface area contributed by atoms with Crippen molar-refractivity contribution in [2.24, 2.45) is 16.6 Å². The largest absolute Gasteiger partial charge is 0.436 e. The van der Waals surface area contributed by atoms with Crippen molar-refractivity contribution in [2.45, 2.75) is 64.3 Å². The Bertz CT molecular complexity index is 557. The molecule has 1 spiro atoms. The van der Waals surface area contributed by atoms with Gasteiger partial charge >= 0.3 is 5.97 Å². The van der Waals surface area contributed by atoms with E-state index in [4.69, 9.17) is 10.5 Å². The summed E-state index contributed by atoms with van der Waals surface area (Å²) in [6, 6.07) is 0.646. The van der Waals surface area contributed by atoms with Crippen LogP contribution in [0.25, 0.3) is 0 Å². The number of esters is 1. The minimum atomic E-state index is -0.498. The van der Waals surface area contributed by atoms with Crippen LogP contribution in [0.5, 0.6) is 0 Å². The van der Waals surface area contributed by atoms with E-state index in [0.29, 0.717) is 6.04 Å². The van der Waals surface area contributed by atoms with Crippen molar-refractivity contribution >= 4 is 5.97 Å². The van der Waals surface area contributed by atoms with Gasteiger partial charge in [-0.2, -0.15) is 0 Å². The third-order valence-electron chi connectivity index (χ3n) is 7.37. The monoisotopic (exact) mass is 276 g/mol. The molecule has 0 radical (unpaired) electrons. The maximum Gasteiger partial charge on any atom is 0.335 e. The van der Waals surface area contributed by atoms with E-state index in [-0.39, 0.29) is 22.8 Å². The molecule has 2 unspecified atom stereocenters. The number of hydrogen-bond acceptors (Lipinski definition) is 4. The lowest BCUT2D eigenvalue weighted by Crippen LogP contribution is -2.64. The van der Waals surface area contributed by atoms with E-state index < -0.39 is 5.72 Å². The molecule has 1 saturated carbocycles. The lowest BCUT2D eigenvalue weighted by molar-refractivity contribution is -0.198. The highest BCUT2D eigenvalue weighted by molar-refractivity contribution is 5.92. The van der Waals surface area contributed by atoms with Gasteiger partial charge in [0.25, 0.3) is 0 Å². The number of nitrogens with two attached hydrogens (primary N) is 1. The van der Waals surface area contributed by atoms with Gasteiger partial charge in [0, 0.05) is 29.7 Å². The first-order valence-electron chi connectivity index (χ1n) is 7.68. The zero-order valence-electron chi connectivity index (χ0n) is 12.8. The standard InChI is InChI=1S/C16H24N2O2/c1-9-10-7-12-14(2)6-5-11(17)15(14,3)8-16(10,18(12)4)20-13(9)19/h11-12H,5-8,17H2,1-4H3/t11-,12?,14-,15-,16?/m1/s1. The maximum absolute atomic E-state index is 12.0. The van der Waals surface area contributed by atoms with Gasteiger partial charge in [0.05, 0.1) is 0 Å². The molecule has 1 aliphatic carbocycles. The van der Waals surface area contributed by atoms with Crippen LogP contribution in [-0.4, -0.2) is 35.7 Å². The van der Waals surface area contributed by atoms with Gasteiger partial charge in [-0.1, -0.05) is 13.8 Å². The van der Waals surface area contributed by atoms with E-state index in [1.54, 1.807) is 0 Å². The van der Waals surface area contributed by atoms with Crippen LogP contribution in [0.4, 0.5) is 0 Å². The number of nitrogens with zero attached hydrogens (tertiary/aromatic N) is 1. The molecule has 110 valence electrons. The average molecular weight is 276 g/mol. The number of piperidine rings is 1. The number of fused-ring (bicyclic) bond motifs is 3. The normalized spacial score (nSPS) is 54.1. The first kappa shape index (κ1) is 12.8. The lowest BCUT2D eigenvalue weighted by Gasteiger charge is -2.57. The van der Waals surface area contributed by atoms with Gasteiger partial charge in [0.15, 0.2) is 5.72 Å². The Morgan fingerprint density at radius 2 is 2.05 bits per heavy atom. The Kier molecular flexibility index (Phi) is 2.12. The summed E-state index contributed by atoms with van der Waals surface area (Å²) in [5, 5.41) is 0. The topological polar surface area (TPSA) is 55.6 Å². The quantitative estimate of drug-likeness (QED) is 0.685. The third kappa shape index (κ3) is 1.05. The van der Waals surface area contributed by atoms with Crippen LogP contribution in [0.3, 0.4) is 0 Å². The van der Waals surface area contributed by atoms with Crippen LogP contribution in [0.1, 0.15) is 46.5 Å². The Morgan fingerprint density at radius 1 is 1.35 bits per heavy atom. The zero-order chi connectivity index (χ0) is 14.5. The molecule has 4 rings (SSSR count). The first-order valence-corrected chi connectivity index (χ1v) is 7.68. The molecule has 3 aliphatic heterocycles. The molecular formula is C16H24N2O2. The minimum absolute atomic E-state index is 0.0524. The Balaban J connectivity index is 1.92. The molecule has 4 nitrogen and oxygen atoms in total. The average Bonchev–Trinajstić information content (AvgIpc) is 2.85. The molecule has 0 aromatic carbocycles. The molecule has 4 heteroatoms. The Morgan fingerprint density at radius 3 is 2.75 bits per heavy atom. The molecule has 0 aromatic rings. The van der Waals surface area contributed by atoms with E-state index in [0.717, 1.165) is 24.8 Å². The number of ether oxygens (including phenoxy) is 1. The highest BCUT2D eigenvalue weighted by Gasteiger charge is 2.72. The highest BCUT2D eigenvalue weighted by Crippen LogP contribution is 2.69. The molecular weight excluding hydrogens is 252 g/mol. The summed E-state index contributed by atoms with van der Waals surface area (Å²) >= 11 is 0. The van der Waals surface area contributed by atoms with E-state index >= 15 is 0 Å². The summed E-state index contributed by atoms with van der Waals surface area (Å²) < 4.78 is 5.89. The van der Waals surface area contributed by atoms with E-state index in [1.165, 1.54) is 12.0 Å². The second kappa shape index (κ2) is 3.30.